The lowest BCUT2D eigenvalue weighted by Gasteiger charge is -2.36. The lowest BCUT2D eigenvalue weighted by atomic mass is 10.2. The van der Waals surface area contributed by atoms with E-state index in [0.29, 0.717) is 6.42 Å². The number of benzene rings is 1. The third-order valence-corrected chi connectivity index (χ3v) is 3.44. The second kappa shape index (κ2) is 6.43. The van der Waals surface area contributed by atoms with E-state index < -0.39 is 0 Å². The number of anilines is 1. The van der Waals surface area contributed by atoms with E-state index in [2.05, 4.69) is 10.2 Å². The number of carbonyl (C=O) groups is 1. The van der Waals surface area contributed by atoms with Crippen LogP contribution in [0.4, 0.5) is 5.69 Å². The van der Waals surface area contributed by atoms with Crippen molar-refractivity contribution in [1.29, 1.82) is 0 Å². The fraction of sp³-hybridized carbons (Fsp3) is 0.500. The standard InChI is InChI=1S/C14H21N3O2/c1-15-7-6-14(19)17-10-8-16(9-11-17)12-2-4-13(18)5-3-12/h2-5,15,18H,6-11H2,1H3. The van der Waals surface area contributed by atoms with Gasteiger partial charge in [-0.2, -0.15) is 0 Å². The molecule has 0 saturated carbocycles. The van der Waals surface area contributed by atoms with Crippen molar-refractivity contribution in [1.82, 2.24) is 10.2 Å². The molecule has 1 aromatic rings. The number of rotatable bonds is 4. The van der Waals surface area contributed by atoms with E-state index in [4.69, 9.17) is 0 Å². The number of amides is 1. The van der Waals surface area contributed by atoms with Crippen LogP contribution in [0.3, 0.4) is 0 Å². The Labute approximate surface area is 113 Å². The summed E-state index contributed by atoms with van der Waals surface area (Å²) in [5.74, 6) is 0.504. The summed E-state index contributed by atoms with van der Waals surface area (Å²) in [5, 5.41) is 12.3. The normalized spacial score (nSPS) is 15.6. The monoisotopic (exact) mass is 263 g/mol. The number of aromatic hydroxyl groups is 1. The Balaban J connectivity index is 1.85. The lowest BCUT2D eigenvalue weighted by Crippen LogP contribution is -2.49. The van der Waals surface area contributed by atoms with Gasteiger partial charge in [-0.1, -0.05) is 0 Å². The molecule has 5 nitrogen and oxygen atoms in total. The average Bonchev–Trinajstić information content (AvgIpc) is 2.46. The Bertz CT molecular complexity index is 411. The molecule has 104 valence electrons. The van der Waals surface area contributed by atoms with Gasteiger partial charge in [0, 0.05) is 44.8 Å². The summed E-state index contributed by atoms with van der Waals surface area (Å²) in [6.07, 6.45) is 0.565. The summed E-state index contributed by atoms with van der Waals surface area (Å²) in [5.41, 5.74) is 1.10. The minimum absolute atomic E-state index is 0.222. The smallest absolute Gasteiger partial charge is 0.223 e. The van der Waals surface area contributed by atoms with E-state index in [-0.39, 0.29) is 11.7 Å². The molecule has 0 unspecified atom stereocenters. The quantitative estimate of drug-likeness (QED) is 0.837. The minimum Gasteiger partial charge on any atom is -0.508 e. The molecule has 1 fully saturated rings. The maximum Gasteiger partial charge on any atom is 0.223 e. The minimum atomic E-state index is 0.222. The van der Waals surface area contributed by atoms with Crippen molar-refractivity contribution >= 4 is 11.6 Å². The van der Waals surface area contributed by atoms with Crippen molar-refractivity contribution in [2.45, 2.75) is 6.42 Å². The molecule has 0 radical (unpaired) electrons. The van der Waals surface area contributed by atoms with Crippen LogP contribution in [0.1, 0.15) is 6.42 Å². The van der Waals surface area contributed by atoms with Crippen molar-refractivity contribution in [2.75, 3.05) is 44.7 Å². The third kappa shape index (κ3) is 3.61. The van der Waals surface area contributed by atoms with Crippen molar-refractivity contribution in [3.63, 3.8) is 0 Å². The fourth-order valence-corrected chi connectivity index (χ4v) is 2.27. The Morgan fingerprint density at radius 1 is 1.21 bits per heavy atom. The zero-order valence-corrected chi connectivity index (χ0v) is 11.3. The van der Waals surface area contributed by atoms with Gasteiger partial charge in [-0.3, -0.25) is 4.79 Å². The SMILES string of the molecule is CNCCC(=O)N1CCN(c2ccc(O)cc2)CC1. The van der Waals surface area contributed by atoms with Crippen LogP contribution in [0.5, 0.6) is 5.75 Å². The Morgan fingerprint density at radius 3 is 2.42 bits per heavy atom. The second-order valence-electron chi connectivity index (χ2n) is 4.74. The second-order valence-corrected chi connectivity index (χ2v) is 4.74. The highest BCUT2D eigenvalue weighted by Crippen LogP contribution is 2.19. The van der Waals surface area contributed by atoms with E-state index in [1.54, 1.807) is 12.1 Å². The summed E-state index contributed by atoms with van der Waals surface area (Å²) >= 11 is 0. The van der Waals surface area contributed by atoms with E-state index in [0.717, 1.165) is 38.4 Å². The number of nitrogens with one attached hydrogen (secondary N) is 1. The maximum atomic E-state index is 11.9. The van der Waals surface area contributed by atoms with Gasteiger partial charge in [0.15, 0.2) is 0 Å². The summed E-state index contributed by atoms with van der Waals surface area (Å²) in [7, 11) is 1.86. The summed E-state index contributed by atoms with van der Waals surface area (Å²) < 4.78 is 0. The molecule has 0 spiro atoms. The first-order chi connectivity index (χ1) is 9.20. The maximum absolute atomic E-state index is 11.9. The highest BCUT2D eigenvalue weighted by molar-refractivity contribution is 5.76. The van der Waals surface area contributed by atoms with Crippen LogP contribution < -0.4 is 10.2 Å². The van der Waals surface area contributed by atoms with E-state index in [1.807, 2.05) is 24.1 Å². The first-order valence-electron chi connectivity index (χ1n) is 6.67. The van der Waals surface area contributed by atoms with Gasteiger partial charge in [0.1, 0.15) is 5.75 Å². The van der Waals surface area contributed by atoms with Crippen molar-refractivity contribution in [2.24, 2.45) is 0 Å². The van der Waals surface area contributed by atoms with Crippen LogP contribution in [-0.4, -0.2) is 55.7 Å². The van der Waals surface area contributed by atoms with Crippen LogP contribution in [0.25, 0.3) is 0 Å². The van der Waals surface area contributed by atoms with Crippen LogP contribution in [0.15, 0.2) is 24.3 Å². The molecule has 2 rings (SSSR count). The van der Waals surface area contributed by atoms with Gasteiger partial charge in [-0.05, 0) is 31.3 Å². The molecule has 1 amide bonds. The van der Waals surface area contributed by atoms with Crippen molar-refractivity contribution in [3.05, 3.63) is 24.3 Å². The molecule has 2 N–H and O–H groups in total. The number of carbonyl (C=O) groups excluding carboxylic acids is 1. The zero-order valence-electron chi connectivity index (χ0n) is 11.3. The summed E-state index contributed by atoms with van der Waals surface area (Å²) in [6, 6.07) is 7.21. The van der Waals surface area contributed by atoms with Gasteiger partial charge in [0.05, 0.1) is 0 Å². The molecule has 1 aliphatic heterocycles. The molecule has 1 saturated heterocycles. The molecular weight excluding hydrogens is 242 g/mol. The molecule has 0 bridgehead atoms. The Morgan fingerprint density at radius 2 is 1.84 bits per heavy atom. The molecule has 1 heterocycles. The number of nitrogens with zero attached hydrogens (tertiary/aromatic N) is 2. The van der Waals surface area contributed by atoms with E-state index in [1.165, 1.54) is 0 Å². The van der Waals surface area contributed by atoms with Gasteiger partial charge in [-0.25, -0.2) is 0 Å². The number of phenolic OH excluding ortho intramolecular Hbond substituents is 1. The number of piperazine rings is 1. The first-order valence-corrected chi connectivity index (χ1v) is 6.67. The average molecular weight is 263 g/mol. The molecular formula is C14H21N3O2. The van der Waals surface area contributed by atoms with Crippen molar-refractivity contribution < 1.29 is 9.90 Å². The van der Waals surface area contributed by atoms with Gasteiger partial charge < -0.3 is 20.2 Å². The predicted octanol–water partition coefficient (Wildman–Crippen LogP) is 0.650. The highest BCUT2D eigenvalue weighted by atomic mass is 16.3. The molecule has 0 atom stereocenters. The van der Waals surface area contributed by atoms with E-state index >= 15 is 0 Å². The fourth-order valence-electron chi connectivity index (χ4n) is 2.27. The van der Waals surface area contributed by atoms with Gasteiger partial charge in [0.25, 0.3) is 0 Å². The Kier molecular flexibility index (Phi) is 4.63. The largest absolute Gasteiger partial charge is 0.508 e. The number of hydrogen-bond acceptors (Lipinski definition) is 4. The number of phenols is 1. The third-order valence-electron chi connectivity index (χ3n) is 3.44. The van der Waals surface area contributed by atoms with Crippen LogP contribution in [-0.2, 0) is 4.79 Å². The van der Waals surface area contributed by atoms with Crippen LogP contribution in [0.2, 0.25) is 0 Å². The molecule has 0 aliphatic carbocycles. The van der Waals surface area contributed by atoms with Crippen molar-refractivity contribution in [3.8, 4) is 5.75 Å². The highest BCUT2D eigenvalue weighted by Gasteiger charge is 2.20. The molecule has 5 heteroatoms. The van der Waals surface area contributed by atoms with E-state index in [9.17, 15) is 9.90 Å². The zero-order chi connectivity index (χ0) is 13.7. The molecule has 19 heavy (non-hydrogen) atoms. The Hall–Kier alpha value is -1.75. The molecule has 1 aliphatic rings. The summed E-state index contributed by atoms with van der Waals surface area (Å²) in [4.78, 5) is 16.0. The van der Waals surface area contributed by atoms with Crippen LogP contribution >= 0.6 is 0 Å². The van der Waals surface area contributed by atoms with Gasteiger partial charge in [0.2, 0.25) is 5.91 Å². The van der Waals surface area contributed by atoms with Crippen LogP contribution in [0, 0.1) is 0 Å². The van der Waals surface area contributed by atoms with Gasteiger partial charge >= 0.3 is 0 Å². The lowest BCUT2D eigenvalue weighted by molar-refractivity contribution is -0.131. The topological polar surface area (TPSA) is 55.8 Å². The molecule has 0 aromatic heterocycles. The first kappa shape index (κ1) is 13.7. The number of hydrogen-bond donors (Lipinski definition) is 2. The van der Waals surface area contributed by atoms with Gasteiger partial charge in [-0.15, -0.1) is 0 Å². The summed E-state index contributed by atoms with van der Waals surface area (Å²) in [6.45, 7) is 3.95. The molecule has 1 aromatic carbocycles. The predicted molar refractivity (Wildman–Crippen MR) is 75.4 cm³/mol.